The maximum Gasteiger partial charge on any atom is 0.225 e. The highest BCUT2D eigenvalue weighted by molar-refractivity contribution is 5.81. The lowest BCUT2D eigenvalue weighted by molar-refractivity contribution is -0.140. The molecular formula is C21H38N6O2. The number of rotatable bonds is 7. The Morgan fingerprint density at radius 1 is 1.00 bits per heavy atom. The zero-order valence-electron chi connectivity index (χ0n) is 18.2. The lowest BCUT2D eigenvalue weighted by Gasteiger charge is -2.38. The number of amides is 2. The third kappa shape index (κ3) is 6.07. The fourth-order valence-corrected chi connectivity index (χ4v) is 4.25. The van der Waals surface area contributed by atoms with Crippen LogP contribution < -0.4 is 10.6 Å². The molecule has 1 unspecified atom stereocenters. The molecule has 1 aliphatic carbocycles. The van der Waals surface area contributed by atoms with Gasteiger partial charge in [0.25, 0.3) is 0 Å². The van der Waals surface area contributed by atoms with E-state index in [-0.39, 0.29) is 11.9 Å². The standard InChI is InChI=1S/C21H38N6O2/c1-3-19(28)27-10-8-18(16-27)24-21(22-4-2)23-9-11-25-12-14-26(15-13-25)20(29)17-6-5-7-17/h17-18H,3-16H2,1-2H3,(H2,22,23,24). The van der Waals surface area contributed by atoms with Gasteiger partial charge >= 0.3 is 0 Å². The van der Waals surface area contributed by atoms with Gasteiger partial charge in [-0.3, -0.25) is 19.5 Å². The summed E-state index contributed by atoms with van der Waals surface area (Å²) in [5, 5.41) is 6.80. The molecule has 29 heavy (non-hydrogen) atoms. The first-order chi connectivity index (χ1) is 14.1. The smallest absolute Gasteiger partial charge is 0.225 e. The predicted molar refractivity (Wildman–Crippen MR) is 115 cm³/mol. The van der Waals surface area contributed by atoms with Crippen LogP contribution in [0, 0.1) is 5.92 Å². The van der Waals surface area contributed by atoms with Gasteiger partial charge in [-0.25, -0.2) is 0 Å². The number of piperazine rings is 1. The van der Waals surface area contributed by atoms with Crippen molar-refractivity contribution in [2.24, 2.45) is 10.9 Å². The molecule has 3 rings (SSSR count). The topological polar surface area (TPSA) is 80.3 Å². The van der Waals surface area contributed by atoms with Crippen LogP contribution in [0.25, 0.3) is 0 Å². The third-order valence-corrected chi connectivity index (χ3v) is 6.35. The molecule has 0 bridgehead atoms. The van der Waals surface area contributed by atoms with Gasteiger partial charge in [0.15, 0.2) is 5.96 Å². The summed E-state index contributed by atoms with van der Waals surface area (Å²) in [6.07, 6.45) is 4.91. The van der Waals surface area contributed by atoms with Crippen molar-refractivity contribution in [1.29, 1.82) is 0 Å². The lowest BCUT2D eigenvalue weighted by Crippen LogP contribution is -2.51. The second kappa shape index (κ2) is 10.8. The van der Waals surface area contributed by atoms with Crippen molar-refractivity contribution in [3.8, 4) is 0 Å². The maximum atomic E-state index is 12.4. The average Bonchev–Trinajstić information content (AvgIpc) is 3.15. The highest BCUT2D eigenvalue weighted by atomic mass is 16.2. The lowest BCUT2D eigenvalue weighted by atomic mass is 9.84. The summed E-state index contributed by atoms with van der Waals surface area (Å²) >= 11 is 0. The predicted octanol–water partition coefficient (Wildman–Crippen LogP) is 0.497. The fourth-order valence-electron chi connectivity index (χ4n) is 4.25. The van der Waals surface area contributed by atoms with Crippen molar-refractivity contribution >= 4 is 17.8 Å². The van der Waals surface area contributed by atoms with Gasteiger partial charge in [0.1, 0.15) is 0 Å². The van der Waals surface area contributed by atoms with E-state index in [1.165, 1.54) is 6.42 Å². The summed E-state index contributed by atoms with van der Waals surface area (Å²) in [6, 6.07) is 0.268. The van der Waals surface area contributed by atoms with Crippen molar-refractivity contribution in [1.82, 2.24) is 25.3 Å². The van der Waals surface area contributed by atoms with Crippen molar-refractivity contribution in [2.45, 2.75) is 52.0 Å². The summed E-state index contributed by atoms with van der Waals surface area (Å²) in [4.78, 5) is 35.3. The Hall–Kier alpha value is -1.83. The van der Waals surface area contributed by atoms with Gasteiger partial charge in [0, 0.05) is 70.7 Å². The highest BCUT2D eigenvalue weighted by Crippen LogP contribution is 2.28. The maximum absolute atomic E-state index is 12.4. The fraction of sp³-hybridized carbons (Fsp3) is 0.857. The Morgan fingerprint density at radius 2 is 1.76 bits per heavy atom. The van der Waals surface area contributed by atoms with Crippen molar-refractivity contribution in [3.05, 3.63) is 0 Å². The van der Waals surface area contributed by atoms with Crippen molar-refractivity contribution in [3.63, 3.8) is 0 Å². The van der Waals surface area contributed by atoms with Crippen molar-refractivity contribution in [2.75, 3.05) is 58.9 Å². The molecule has 0 aromatic carbocycles. The number of aliphatic imine (C=N–C) groups is 1. The quantitative estimate of drug-likeness (QED) is 0.475. The van der Waals surface area contributed by atoms with E-state index in [2.05, 4.69) is 27.4 Å². The van der Waals surface area contributed by atoms with E-state index in [9.17, 15) is 9.59 Å². The molecule has 2 saturated heterocycles. The molecular weight excluding hydrogens is 368 g/mol. The molecule has 2 N–H and O–H groups in total. The van der Waals surface area contributed by atoms with Crippen LogP contribution in [0.15, 0.2) is 4.99 Å². The Kier molecular flexibility index (Phi) is 8.15. The summed E-state index contributed by atoms with van der Waals surface area (Å²) in [7, 11) is 0. The Balaban J connectivity index is 1.38. The van der Waals surface area contributed by atoms with Gasteiger partial charge in [0.2, 0.25) is 11.8 Å². The largest absolute Gasteiger partial charge is 0.357 e. The van der Waals surface area contributed by atoms with Crippen molar-refractivity contribution < 1.29 is 9.59 Å². The molecule has 8 nitrogen and oxygen atoms in total. The molecule has 1 atom stereocenters. The first-order valence-corrected chi connectivity index (χ1v) is 11.4. The highest BCUT2D eigenvalue weighted by Gasteiger charge is 2.31. The first-order valence-electron chi connectivity index (χ1n) is 11.4. The van der Waals surface area contributed by atoms with Gasteiger partial charge in [-0.2, -0.15) is 0 Å². The third-order valence-electron chi connectivity index (χ3n) is 6.35. The van der Waals surface area contributed by atoms with Gasteiger partial charge in [-0.15, -0.1) is 0 Å². The molecule has 0 aromatic rings. The normalized spacial score (nSPS) is 23.8. The summed E-state index contributed by atoms with van der Waals surface area (Å²) in [6.45, 7) is 11.6. The van der Waals surface area contributed by atoms with E-state index in [0.717, 1.165) is 84.1 Å². The molecule has 0 radical (unpaired) electrons. The van der Waals surface area contributed by atoms with Gasteiger partial charge < -0.3 is 20.4 Å². The number of nitrogens with one attached hydrogen (secondary N) is 2. The van der Waals surface area contributed by atoms with E-state index in [1.54, 1.807) is 0 Å². The average molecular weight is 407 g/mol. The van der Waals surface area contributed by atoms with Crippen LogP contribution in [0.2, 0.25) is 0 Å². The minimum absolute atomic E-state index is 0.228. The first kappa shape index (κ1) is 21.9. The number of carbonyl (C=O) groups is 2. The number of hydrogen-bond acceptors (Lipinski definition) is 4. The molecule has 3 fully saturated rings. The van der Waals surface area contributed by atoms with Gasteiger partial charge in [0.05, 0.1) is 6.54 Å². The molecule has 2 amide bonds. The van der Waals surface area contributed by atoms with Crippen LogP contribution in [0.1, 0.15) is 46.0 Å². The van der Waals surface area contributed by atoms with E-state index in [0.29, 0.717) is 18.2 Å². The minimum Gasteiger partial charge on any atom is -0.357 e. The number of guanidine groups is 1. The zero-order chi connectivity index (χ0) is 20.6. The molecule has 2 heterocycles. The number of carbonyl (C=O) groups excluding carboxylic acids is 2. The molecule has 3 aliphatic rings. The summed E-state index contributed by atoms with van der Waals surface area (Å²) in [5.74, 6) is 1.74. The zero-order valence-corrected chi connectivity index (χ0v) is 18.2. The van der Waals surface area contributed by atoms with E-state index < -0.39 is 0 Å². The van der Waals surface area contributed by atoms with Gasteiger partial charge in [-0.05, 0) is 26.2 Å². The van der Waals surface area contributed by atoms with Crippen LogP contribution in [-0.4, -0.2) is 97.4 Å². The van der Waals surface area contributed by atoms with E-state index in [1.807, 2.05) is 11.8 Å². The van der Waals surface area contributed by atoms with Crippen LogP contribution >= 0.6 is 0 Å². The SMILES string of the molecule is CCNC(=NCCN1CCN(C(=O)C2CCC2)CC1)NC1CCN(C(=O)CC)C1. The van der Waals surface area contributed by atoms with E-state index >= 15 is 0 Å². The number of hydrogen-bond donors (Lipinski definition) is 2. The summed E-state index contributed by atoms with van der Waals surface area (Å²) < 4.78 is 0. The molecule has 164 valence electrons. The minimum atomic E-state index is 0.228. The second-order valence-electron chi connectivity index (χ2n) is 8.38. The molecule has 2 aliphatic heterocycles. The molecule has 0 spiro atoms. The molecule has 8 heteroatoms. The molecule has 1 saturated carbocycles. The monoisotopic (exact) mass is 406 g/mol. The Morgan fingerprint density at radius 3 is 2.38 bits per heavy atom. The van der Waals surface area contributed by atoms with Crippen LogP contribution in [0.5, 0.6) is 0 Å². The van der Waals surface area contributed by atoms with Crippen LogP contribution in [0.4, 0.5) is 0 Å². The molecule has 0 aromatic heterocycles. The van der Waals surface area contributed by atoms with E-state index in [4.69, 9.17) is 4.99 Å². The Labute approximate surface area is 175 Å². The Bertz CT molecular complexity index is 584. The summed E-state index contributed by atoms with van der Waals surface area (Å²) in [5.41, 5.74) is 0. The number of likely N-dealkylation sites (tertiary alicyclic amines) is 1. The second-order valence-corrected chi connectivity index (χ2v) is 8.38. The van der Waals surface area contributed by atoms with Crippen LogP contribution in [-0.2, 0) is 9.59 Å². The van der Waals surface area contributed by atoms with Gasteiger partial charge in [-0.1, -0.05) is 13.3 Å². The number of nitrogens with zero attached hydrogens (tertiary/aromatic N) is 4. The van der Waals surface area contributed by atoms with Crippen LogP contribution in [0.3, 0.4) is 0 Å².